The lowest BCUT2D eigenvalue weighted by Gasteiger charge is -2.42. The molecule has 9 atom stereocenters. The summed E-state index contributed by atoms with van der Waals surface area (Å²) >= 11 is 0. The van der Waals surface area contributed by atoms with Crippen LogP contribution in [0, 0.1) is 16.2 Å². The fourth-order valence-corrected chi connectivity index (χ4v) is 11.9. The lowest BCUT2D eigenvalue weighted by molar-refractivity contribution is -0.147. The van der Waals surface area contributed by atoms with Crippen LogP contribution in [0.4, 0.5) is 5.69 Å². The number of anilines is 1. The number of nitrogens with one attached hydrogen (secondary N) is 6. The summed E-state index contributed by atoms with van der Waals surface area (Å²) < 4.78 is 0. The average molecular weight is 1070 g/mol. The van der Waals surface area contributed by atoms with Gasteiger partial charge in [-0.3, -0.25) is 38.4 Å². The molecule has 8 amide bonds. The molecule has 420 valence electrons. The number of likely N-dealkylation sites (N-methyl/N-ethyl adjacent to an activating group) is 2. The van der Waals surface area contributed by atoms with E-state index in [0.29, 0.717) is 17.7 Å². The minimum absolute atomic E-state index is 0.0174. The molecule has 0 radical (unpaired) electrons. The van der Waals surface area contributed by atoms with E-state index in [9.17, 15) is 19.2 Å². The van der Waals surface area contributed by atoms with Gasteiger partial charge in [-0.25, -0.2) is 0 Å². The smallest absolute Gasteiger partial charge is 0.246 e. The van der Waals surface area contributed by atoms with Crippen LogP contribution in [-0.4, -0.2) is 120 Å². The van der Waals surface area contributed by atoms with E-state index in [1.54, 1.807) is 40.1 Å². The number of nitrogens with zero attached hydrogens (tertiary/aromatic N) is 3. The minimum atomic E-state index is -1.53. The number of carbonyl (C=O) groups is 8. The third-order valence-corrected chi connectivity index (χ3v) is 17.1. The predicted octanol–water partition coefficient (Wildman–Crippen LogP) is 4.17. The Morgan fingerprint density at radius 1 is 0.641 bits per heavy atom. The largest absolute Gasteiger partial charge is 0.369 e. The Balaban J connectivity index is 1.19. The first-order valence-corrected chi connectivity index (χ1v) is 28.0. The summed E-state index contributed by atoms with van der Waals surface area (Å²) in [6, 6.07) is 14.5. The molecule has 0 bridgehead atoms. The number of hydrogen-bond acceptors (Lipinski definition) is 10. The Morgan fingerprint density at radius 3 is 1.60 bits per heavy atom. The molecule has 0 aromatic heterocycles. The van der Waals surface area contributed by atoms with E-state index in [1.165, 1.54) is 14.7 Å². The van der Waals surface area contributed by atoms with Crippen molar-refractivity contribution in [3.05, 3.63) is 100 Å². The lowest BCUT2D eigenvalue weighted by Crippen LogP contribution is -2.62. The molecule has 2 heterocycles. The first-order chi connectivity index (χ1) is 36.9. The highest BCUT2D eigenvalue weighted by atomic mass is 16.2. The quantitative estimate of drug-likeness (QED) is 0.101. The Kier molecular flexibility index (Phi) is 16.9. The Bertz CT molecular complexity index is 2820. The molecule has 3 aromatic rings. The lowest BCUT2D eigenvalue weighted by atomic mass is 9.83. The molecular weight excluding hydrogens is 989 g/mol. The zero-order chi connectivity index (χ0) is 56.6. The number of nitrogens with two attached hydrogens (primary N) is 1. The molecule has 18 heteroatoms. The summed E-state index contributed by atoms with van der Waals surface area (Å²) in [7, 11) is 3.31. The van der Waals surface area contributed by atoms with Gasteiger partial charge < -0.3 is 52.3 Å². The first kappa shape index (κ1) is 57.5. The number of rotatable bonds is 16. The molecular formula is C60H82N10O8. The molecule has 1 saturated carbocycles. The maximum absolute atomic E-state index is 15.3. The zero-order valence-corrected chi connectivity index (χ0v) is 47.2. The predicted molar refractivity (Wildman–Crippen MR) is 297 cm³/mol. The fourth-order valence-electron chi connectivity index (χ4n) is 11.9. The van der Waals surface area contributed by atoms with Crippen LogP contribution in [-0.2, 0) is 64.2 Å². The van der Waals surface area contributed by atoms with Gasteiger partial charge in [0.15, 0.2) is 0 Å². The van der Waals surface area contributed by atoms with Crippen LogP contribution in [0.1, 0.15) is 146 Å². The molecule has 3 aromatic carbocycles. The van der Waals surface area contributed by atoms with Crippen molar-refractivity contribution >= 4 is 52.9 Å². The van der Waals surface area contributed by atoms with Crippen LogP contribution in [0.3, 0.4) is 0 Å². The van der Waals surface area contributed by atoms with Crippen molar-refractivity contribution in [2.75, 3.05) is 25.5 Å². The van der Waals surface area contributed by atoms with Gasteiger partial charge in [-0.1, -0.05) is 96.1 Å². The second kappa shape index (κ2) is 23.0. The van der Waals surface area contributed by atoms with E-state index in [1.807, 2.05) is 84.0 Å². The molecule has 2 fully saturated rings. The van der Waals surface area contributed by atoms with Gasteiger partial charge in [0.05, 0.1) is 30.2 Å². The van der Waals surface area contributed by atoms with Crippen LogP contribution in [0.2, 0.25) is 0 Å². The Labute approximate surface area is 459 Å². The van der Waals surface area contributed by atoms with Gasteiger partial charge in [0, 0.05) is 25.2 Å². The molecule has 5 unspecified atom stereocenters. The number of primary amides is 1. The molecule has 8 rings (SSSR count). The van der Waals surface area contributed by atoms with Crippen LogP contribution in [0.15, 0.2) is 66.7 Å². The summed E-state index contributed by atoms with van der Waals surface area (Å²) in [5.74, 6) is -3.84. The molecule has 1 saturated heterocycles. The van der Waals surface area contributed by atoms with Gasteiger partial charge in [-0.15, -0.1) is 0 Å². The van der Waals surface area contributed by atoms with Crippen molar-refractivity contribution in [3.8, 4) is 0 Å². The van der Waals surface area contributed by atoms with E-state index >= 15 is 19.2 Å². The molecule has 3 aliphatic carbocycles. The van der Waals surface area contributed by atoms with Crippen molar-refractivity contribution in [2.45, 2.75) is 181 Å². The Hall–Kier alpha value is -6.66. The highest BCUT2D eigenvalue weighted by Crippen LogP contribution is 2.49. The van der Waals surface area contributed by atoms with Gasteiger partial charge in [0.2, 0.25) is 47.3 Å². The second-order valence-corrected chi connectivity index (χ2v) is 24.6. The maximum Gasteiger partial charge on any atom is 0.246 e. The van der Waals surface area contributed by atoms with Crippen molar-refractivity contribution in [1.82, 2.24) is 41.7 Å². The number of amides is 8. The zero-order valence-electron chi connectivity index (χ0n) is 47.2. The Morgan fingerprint density at radius 2 is 1.13 bits per heavy atom. The van der Waals surface area contributed by atoms with Gasteiger partial charge in [0.1, 0.15) is 29.6 Å². The van der Waals surface area contributed by atoms with E-state index in [2.05, 4.69) is 44.0 Å². The third kappa shape index (κ3) is 11.8. The highest BCUT2D eigenvalue weighted by molar-refractivity contribution is 6.14. The molecule has 78 heavy (non-hydrogen) atoms. The van der Waals surface area contributed by atoms with Crippen molar-refractivity contribution in [3.63, 3.8) is 0 Å². The third-order valence-electron chi connectivity index (χ3n) is 17.1. The monoisotopic (exact) mass is 1070 g/mol. The molecule has 0 spiro atoms. The van der Waals surface area contributed by atoms with Gasteiger partial charge >= 0.3 is 0 Å². The summed E-state index contributed by atoms with van der Waals surface area (Å²) in [6.45, 7) is 14.3. The number of carbonyl (C=O) groups excluding carboxylic acids is 8. The normalized spacial score (nSPS) is 22.9. The summed E-state index contributed by atoms with van der Waals surface area (Å²) in [6.07, 6.45) is 5.42. The molecule has 18 nitrogen and oxygen atoms in total. The average Bonchev–Trinajstić information content (AvgIpc) is 4.34. The number of aryl methyl sites for hydroxylation is 2. The van der Waals surface area contributed by atoms with Crippen LogP contribution >= 0.6 is 0 Å². The number of benzene rings is 3. The summed E-state index contributed by atoms with van der Waals surface area (Å²) in [4.78, 5) is 121. The number of fused-ring (bicyclic) bond motifs is 3. The van der Waals surface area contributed by atoms with Gasteiger partial charge in [-0.05, 0) is 142 Å². The van der Waals surface area contributed by atoms with Gasteiger partial charge in [0.25, 0.3) is 0 Å². The van der Waals surface area contributed by atoms with E-state index in [4.69, 9.17) is 5.73 Å². The highest BCUT2D eigenvalue weighted by Gasteiger charge is 2.59. The maximum atomic E-state index is 15.3. The fraction of sp³-hybridized carbons (Fsp3) is 0.567. The molecule has 8 N–H and O–H groups in total. The summed E-state index contributed by atoms with van der Waals surface area (Å²) in [5.41, 5.74) is 8.99. The minimum Gasteiger partial charge on any atom is -0.369 e. The van der Waals surface area contributed by atoms with Crippen molar-refractivity contribution in [2.24, 2.45) is 22.0 Å². The van der Waals surface area contributed by atoms with Crippen molar-refractivity contribution in [1.29, 1.82) is 0 Å². The van der Waals surface area contributed by atoms with Gasteiger partial charge in [-0.2, -0.15) is 0 Å². The van der Waals surface area contributed by atoms with E-state index < -0.39 is 94.0 Å². The number of hydrogen-bond donors (Lipinski definition) is 7. The van der Waals surface area contributed by atoms with Crippen LogP contribution in [0.25, 0.3) is 0 Å². The first-order valence-electron chi connectivity index (χ1n) is 28.0. The molecule has 5 aliphatic rings. The SMILES string of the molecule is CNC(C)C(=O)NC(C(=O)N1Cc2cc(N(C(=O)C3(C(N)=O)CC3)[C@H]3C[C@@H](C(=O)N[C@@H]4CCCc5ccccc54)N(C(=O)C(NC(=O)C(C)NC)C(C)(C)C)C3)ccc2CC1C(=O)N[C@@H]1CCCc2ccccc21)C(C)(C)C. The number of likely N-dealkylation sites (tertiary alicyclic amines) is 1. The van der Waals surface area contributed by atoms with Crippen molar-refractivity contribution < 1.29 is 38.4 Å². The topological polar surface area (TPSA) is 244 Å². The van der Waals surface area contributed by atoms with Crippen LogP contribution < -0.4 is 42.5 Å². The summed E-state index contributed by atoms with van der Waals surface area (Å²) in [5, 5.41) is 18.4. The van der Waals surface area contributed by atoms with E-state index in [0.717, 1.165) is 59.9 Å². The van der Waals surface area contributed by atoms with Crippen LogP contribution in [0.5, 0.6) is 0 Å². The van der Waals surface area contributed by atoms with E-state index in [-0.39, 0.29) is 62.7 Å². The second-order valence-electron chi connectivity index (χ2n) is 24.6. The molecule has 2 aliphatic heterocycles. The standard InChI is InChI=1S/C60H82N10O8/c1-34(62-9)50(71)66-48(58(3,4)5)54(75)68-32-39-29-40(26-25-38(39)30-46(68)52(73)64-44-23-15-19-36-17-11-13-21-42(36)44)70(57(78)60(27-28-60)56(61)77)41-31-47(53(74)65-45-24-16-20-37-18-12-14-22-43(37)45)69(33-41)55(76)49(59(6,7)8)67-51(72)35(2)63-10/h11-14,17-18,21-22,25-26,29,34-35,41,44-49,62-63H,15-16,19-20,23-24,27-28,30-33H2,1-10H3,(H2,61,77)(H,64,73)(H,65,74)(H,66,71)(H,67,72)/t34?,35?,41-,44+,45+,46?,47-,48?,49?/m0/s1.